The van der Waals surface area contributed by atoms with E-state index in [0.29, 0.717) is 6.61 Å². The van der Waals surface area contributed by atoms with Crippen LogP contribution in [0.15, 0.2) is 91.4 Å². The van der Waals surface area contributed by atoms with Gasteiger partial charge in [0.15, 0.2) is 0 Å². The minimum atomic E-state index is 0.467. The fourth-order valence-corrected chi connectivity index (χ4v) is 3.08. The van der Waals surface area contributed by atoms with Crippen molar-refractivity contribution >= 4 is 0 Å². The molecular weight excluding hydrogens is 332 g/mol. The summed E-state index contributed by atoms with van der Waals surface area (Å²) < 4.78 is 5.88. The highest BCUT2D eigenvalue weighted by Gasteiger charge is 2.07. The highest BCUT2D eigenvalue weighted by Crippen LogP contribution is 2.32. The summed E-state index contributed by atoms with van der Waals surface area (Å²) in [5.41, 5.74) is 6.82. The van der Waals surface area contributed by atoms with Crippen molar-refractivity contribution < 1.29 is 4.74 Å². The lowest BCUT2D eigenvalue weighted by atomic mass is 9.95. The molecule has 2 aromatic carbocycles. The van der Waals surface area contributed by atoms with E-state index in [4.69, 9.17) is 4.74 Å². The molecule has 0 aliphatic rings. The van der Waals surface area contributed by atoms with Crippen molar-refractivity contribution in [2.45, 2.75) is 13.5 Å². The molecule has 0 bridgehead atoms. The van der Waals surface area contributed by atoms with Crippen LogP contribution in [0.25, 0.3) is 22.3 Å². The number of ether oxygens (including phenoxy) is 1. The molecule has 0 saturated carbocycles. The van der Waals surface area contributed by atoms with E-state index < -0.39 is 0 Å². The van der Waals surface area contributed by atoms with Crippen molar-refractivity contribution in [1.29, 1.82) is 0 Å². The summed E-state index contributed by atoms with van der Waals surface area (Å²) in [6, 6.07) is 24.7. The van der Waals surface area contributed by atoms with Gasteiger partial charge in [-0.05, 0) is 71.1 Å². The lowest BCUT2D eigenvalue weighted by Crippen LogP contribution is -1.98. The van der Waals surface area contributed by atoms with Gasteiger partial charge in [-0.25, -0.2) is 0 Å². The smallest absolute Gasteiger partial charge is 0.130 e. The van der Waals surface area contributed by atoms with Crippen LogP contribution in [0, 0.1) is 6.92 Å². The first-order valence-electron chi connectivity index (χ1n) is 8.94. The molecule has 27 heavy (non-hydrogen) atoms. The van der Waals surface area contributed by atoms with Gasteiger partial charge in [-0.1, -0.05) is 36.4 Å². The topological polar surface area (TPSA) is 35.0 Å². The zero-order valence-corrected chi connectivity index (χ0v) is 15.2. The first-order valence-corrected chi connectivity index (χ1v) is 8.94. The highest BCUT2D eigenvalue weighted by atomic mass is 16.5. The molecule has 4 aromatic rings. The lowest BCUT2D eigenvalue weighted by Gasteiger charge is -2.11. The largest absolute Gasteiger partial charge is 0.487 e. The van der Waals surface area contributed by atoms with Gasteiger partial charge in [0.2, 0.25) is 0 Å². The second kappa shape index (κ2) is 7.83. The first-order chi connectivity index (χ1) is 13.3. The summed E-state index contributed by atoms with van der Waals surface area (Å²) in [5, 5.41) is 0. The second-order valence-corrected chi connectivity index (χ2v) is 6.42. The minimum absolute atomic E-state index is 0.467. The van der Waals surface area contributed by atoms with Crippen molar-refractivity contribution in [2.24, 2.45) is 0 Å². The molecule has 0 spiro atoms. The molecule has 0 fully saturated rings. The number of benzene rings is 2. The average molecular weight is 352 g/mol. The van der Waals surface area contributed by atoms with Gasteiger partial charge in [0.25, 0.3) is 0 Å². The van der Waals surface area contributed by atoms with Crippen LogP contribution in [-0.2, 0) is 6.61 Å². The first kappa shape index (κ1) is 17.0. The van der Waals surface area contributed by atoms with Gasteiger partial charge in [-0.2, -0.15) is 0 Å². The van der Waals surface area contributed by atoms with Crippen LogP contribution in [0.3, 0.4) is 0 Å². The van der Waals surface area contributed by atoms with Crippen molar-refractivity contribution in [3.05, 3.63) is 103 Å². The predicted molar refractivity (Wildman–Crippen MR) is 108 cm³/mol. The zero-order valence-electron chi connectivity index (χ0n) is 15.2. The second-order valence-electron chi connectivity index (χ2n) is 6.42. The Morgan fingerprint density at radius 1 is 0.741 bits per heavy atom. The standard InChI is InChI=1S/C24H20N2O/c1-18-10-15-26-21(16-18)17-27-22-8-6-19(7-9-22)23-4-2-3-5-24(23)20-11-13-25-14-12-20/h2-16H,17H2,1H3. The summed E-state index contributed by atoms with van der Waals surface area (Å²) in [4.78, 5) is 8.45. The van der Waals surface area contributed by atoms with E-state index in [0.717, 1.165) is 22.6 Å². The third-order valence-electron chi connectivity index (χ3n) is 4.44. The van der Waals surface area contributed by atoms with Crippen molar-refractivity contribution in [1.82, 2.24) is 9.97 Å². The maximum absolute atomic E-state index is 5.88. The van der Waals surface area contributed by atoms with Crippen LogP contribution in [0.5, 0.6) is 5.75 Å². The third-order valence-corrected chi connectivity index (χ3v) is 4.44. The number of aryl methyl sites for hydroxylation is 1. The number of rotatable bonds is 5. The number of aromatic nitrogens is 2. The summed E-state index contributed by atoms with van der Waals surface area (Å²) in [6.45, 7) is 2.52. The molecule has 0 atom stereocenters. The van der Waals surface area contributed by atoms with Crippen molar-refractivity contribution in [2.75, 3.05) is 0 Å². The fourth-order valence-electron chi connectivity index (χ4n) is 3.08. The highest BCUT2D eigenvalue weighted by molar-refractivity contribution is 5.83. The molecular formula is C24H20N2O. The van der Waals surface area contributed by atoms with E-state index in [9.17, 15) is 0 Å². The normalized spacial score (nSPS) is 10.6. The maximum Gasteiger partial charge on any atom is 0.130 e. The summed E-state index contributed by atoms with van der Waals surface area (Å²) in [5.74, 6) is 0.837. The quantitative estimate of drug-likeness (QED) is 0.462. The minimum Gasteiger partial charge on any atom is -0.487 e. The fraction of sp³-hybridized carbons (Fsp3) is 0.0833. The summed E-state index contributed by atoms with van der Waals surface area (Å²) in [7, 11) is 0. The van der Waals surface area contributed by atoms with Gasteiger partial charge >= 0.3 is 0 Å². The molecule has 132 valence electrons. The Bertz CT molecular complexity index is 1030. The molecule has 0 aliphatic heterocycles. The molecule has 0 saturated heterocycles. The summed E-state index contributed by atoms with van der Waals surface area (Å²) in [6.07, 6.45) is 5.46. The monoisotopic (exact) mass is 352 g/mol. The molecule has 0 amide bonds. The molecule has 0 radical (unpaired) electrons. The van der Waals surface area contributed by atoms with Gasteiger partial charge in [0.05, 0.1) is 5.69 Å². The Labute approximate surface area is 159 Å². The summed E-state index contributed by atoms with van der Waals surface area (Å²) >= 11 is 0. The van der Waals surface area contributed by atoms with Crippen LogP contribution >= 0.6 is 0 Å². The SMILES string of the molecule is Cc1ccnc(COc2ccc(-c3ccccc3-c3ccncc3)cc2)c1. The van der Waals surface area contributed by atoms with Crippen LogP contribution < -0.4 is 4.74 Å². The Morgan fingerprint density at radius 3 is 2.07 bits per heavy atom. The molecule has 0 unspecified atom stereocenters. The Balaban J connectivity index is 1.55. The number of hydrogen-bond donors (Lipinski definition) is 0. The maximum atomic E-state index is 5.88. The van der Waals surface area contributed by atoms with E-state index in [2.05, 4.69) is 53.3 Å². The van der Waals surface area contributed by atoms with Crippen molar-refractivity contribution in [3.63, 3.8) is 0 Å². The molecule has 0 aliphatic carbocycles. The molecule has 2 heterocycles. The number of pyridine rings is 2. The van der Waals surface area contributed by atoms with Gasteiger partial charge < -0.3 is 4.74 Å². The van der Waals surface area contributed by atoms with Crippen LogP contribution in [0.1, 0.15) is 11.3 Å². The van der Waals surface area contributed by atoms with Crippen LogP contribution in [-0.4, -0.2) is 9.97 Å². The van der Waals surface area contributed by atoms with Crippen LogP contribution in [0.2, 0.25) is 0 Å². The third kappa shape index (κ3) is 4.04. The lowest BCUT2D eigenvalue weighted by molar-refractivity contribution is 0.301. The van der Waals surface area contributed by atoms with Gasteiger partial charge in [-0.15, -0.1) is 0 Å². The number of nitrogens with zero attached hydrogens (tertiary/aromatic N) is 2. The molecule has 2 aromatic heterocycles. The van der Waals surface area contributed by atoms with Gasteiger partial charge in [-0.3, -0.25) is 9.97 Å². The van der Waals surface area contributed by atoms with E-state index in [1.807, 2.05) is 55.0 Å². The number of hydrogen-bond acceptors (Lipinski definition) is 3. The van der Waals surface area contributed by atoms with E-state index in [-0.39, 0.29) is 0 Å². The van der Waals surface area contributed by atoms with Crippen molar-refractivity contribution in [3.8, 4) is 28.0 Å². The van der Waals surface area contributed by atoms with Gasteiger partial charge in [0, 0.05) is 18.6 Å². The molecule has 0 N–H and O–H groups in total. The Hall–Kier alpha value is -3.46. The Kier molecular flexibility index (Phi) is 4.93. The Morgan fingerprint density at radius 2 is 1.41 bits per heavy atom. The van der Waals surface area contributed by atoms with Crippen LogP contribution in [0.4, 0.5) is 0 Å². The zero-order chi connectivity index (χ0) is 18.5. The predicted octanol–water partition coefficient (Wildman–Crippen LogP) is 5.70. The van der Waals surface area contributed by atoms with Gasteiger partial charge in [0.1, 0.15) is 12.4 Å². The molecule has 4 rings (SSSR count). The van der Waals surface area contributed by atoms with E-state index >= 15 is 0 Å². The molecule has 3 nitrogen and oxygen atoms in total. The van der Waals surface area contributed by atoms with E-state index in [1.54, 1.807) is 0 Å². The molecule has 3 heteroatoms. The van der Waals surface area contributed by atoms with E-state index in [1.165, 1.54) is 16.7 Å². The average Bonchev–Trinajstić information content (AvgIpc) is 2.73.